The summed E-state index contributed by atoms with van der Waals surface area (Å²) in [6.45, 7) is 6.08. The molecule has 0 aliphatic carbocycles. The van der Waals surface area contributed by atoms with Crippen molar-refractivity contribution in [2.75, 3.05) is 39.4 Å². The third-order valence-corrected chi connectivity index (χ3v) is 3.05. The second-order valence-electron chi connectivity index (χ2n) is 4.38. The number of piperidine rings is 1. The Kier molecular flexibility index (Phi) is 3.78. The largest absolute Gasteiger partial charge is 0.355 e. The fourth-order valence-electron chi connectivity index (χ4n) is 2.39. The van der Waals surface area contributed by atoms with Gasteiger partial charge in [-0.3, -0.25) is 9.69 Å². The molecule has 16 heavy (non-hydrogen) atoms. The highest BCUT2D eigenvalue weighted by molar-refractivity contribution is 5.77. The molecule has 1 N–H and O–H groups in total. The first-order valence-corrected chi connectivity index (χ1v) is 6.01. The minimum absolute atomic E-state index is 0.0811. The van der Waals surface area contributed by atoms with Gasteiger partial charge in [0.1, 0.15) is 0 Å². The van der Waals surface area contributed by atoms with Crippen LogP contribution in [0.5, 0.6) is 0 Å². The zero-order valence-corrected chi connectivity index (χ0v) is 9.83. The number of ether oxygens (including phenoxy) is 2. The Bertz CT molecular complexity index is 252. The van der Waals surface area contributed by atoms with Crippen LogP contribution in [0.15, 0.2) is 0 Å². The zero-order valence-electron chi connectivity index (χ0n) is 9.83. The first kappa shape index (κ1) is 11.8. The third-order valence-electron chi connectivity index (χ3n) is 3.05. The maximum absolute atomic E-state index is 11.5. The van der Waals surface area contributed by atoms with Gasteiger partial charge in [0, 0.05) is 13.0 Å². The van der Waals surface area contributed by atoms with E-state index in [1.54, 1.807) is 0 Å². The maximum atomic E-state index is 11.5. The summed E-state index contributed by atoms with van der Waals surface area (Å²) in [6.07, 6.45) is 1.97. The summed E-state index contributed by atoms with van der Waals surface area (Å²) >= 11 is 0. The van der Waals surface area contributed by atoms with Gasteiger partial charge in [0.2, 0.25) is 5.91 Å². The molecular formula is C11H20N2O3. The van der Waals surface area contributed by atoms with Crippen LogP contribution in [0.2, 0.25) is 0 Å². The maximum Gasteiger partial charge on any atom is 0.234 e. The molecule has 2 aliphatic heterocycles. The molecule has 0 aromatic carbocycles. The molecule has 5 heteroatoms. The van der Waals surface area contributed by atoms with Crippen molar-refractivity contribution in [2.45, 2.75) is 25.6 Å². The Morgan fingerprint density at radius 1 is 1.44 bits per heavy atom. The minimum atomic E-state index is -0.426. The van der Waals surface area contributed by atoms with E-state index in [-0.39, 0.29) is 5.91 Å². The molecule has 0 bridgehead atoms. The second kappa shape index (κ2) is 5.12. The van der Waals surface area contributed by atoms with Crippen molar-refractivity contribution >= 4 is 5.91 Å². The number of carbonyl (C=O) groups is 1. The van der Waals surface area contributed by atoms with Crippen LogP contribution in [0.25, 0.3) is 0 Å². The van der Waals surface area contributed by atoms with Gasteiger partial charge in [-0.05, 0) is 19.9 Å². The highest BCUT2D eigenvalue weighted by Crippen LogP contribution is 2.29. The molecule has 0 aromatic rings. The lowest BCUT2D eigenvalue weighted by Gasteiger charge is -2.38. The first-order valence-electron chi connectivity index (χ1n) is 6.01. The Balaban J connectivity index is 1.84. The summed E-state index contributed by atoms with van der Waals surface area (Å²) in [7, 11) is 0. The number of rotatable bonds is 3. The lowest BCUT2D eigenvalue weighted by molar-refractivity contribution is -0.189. The summed E-state index contributed by atoms with van der Waals surface area (Å²) in [4.78, 5) is 13.6. The zero-order chi connectivity index (χ0) is 11.4. The Labute approximate surface area is 96.1 Å². The van der Waals surface area contributed by atoms with E-state index in [9.17, 15) is 4.79 Å². The number of likely N-dealkylation sites (N-methyl/N-ethyl adjacent to an activating group) is 1. The van der Waals surface area contributed by atoms with E-state index in [0.29, 0.717) is 32.8 Å². The van der Waals surface area contributed by atoms with Gasteiger partial charge in [0.05, 0.1) is 26.3 Å². The molecule has 2 aliphatic rings. The Morgan fingerprint density at radius 3 is 2.88 bits per heavy atom. The van der Waals surface area contributed by atoms with Crippen molar-refractivity contribution in [3.8, 4) is 0 Å². The molecule has 2 heterocycles. The number of nitrogens with one attached hydrogen (secondary N) is 1. The highest BCUT2D eigenvalue weighted by Gasteiger charge is 2.40. The molecule has 1 spiro atoms. The number of carbonyl (C=O) groups excluding carboxylic acids is 1. The molecule has 2 saturated heterocycles. The van der Waals surface area contributed by atoms with Crippen LogP contribution in [0, 0.1) is 0 Å². The normalized spacial score (nSPS) is 24.8. The summed E-state index contributed by atoms with van der Waals surface area (Å²) < 4.78 is 11.3. The summed E-state index contributed by atoms with van der Waals surface area (Å²) in [5.41, 5.74) is 0. The van der Waals surface area contributed by atoms with E-state index in [2.05, 4.69) is 10.2 Å². The van der Waals surface area contributed by atoms with E-state index in [4.69, 9.17) is 9.47 Å². The number of amides is 1. The second-order valence-corrected chi connectivity index (χ2v) is 4.38. The van der Waals surface area contributed by atoms with E-state index in [0.717, 1.165) is 19.4 Å². The van der Waals surface area contributed by atoms with E-state index in [1.807, 2.05) is 6.92 Å². The summed E-state index contributed by atoms with van der Waals surface area (Å²) in [6, 6.07) is 0. The highest BCUT2D eigenvalue weighted by atomic mass is 16.7. The molecule has 0 unspecified atom stereocenters. The lowest BCUT2D eigenvalue weighted by atomic mass is 10.0. The molecule has 0 radical (unpaired) electrons. The van der Waals surface area contributed by atoms with Crippen molar-refractivity contribution in [2.24, 2.45) is 0 Å². The topological polar surface area (TPSA) is 50.8 Å². The van der Waals surface area contributed by atoms with Gasteiger partial charge >= 0.3 is 0 Å². The third kappa shape index (κ3) is 2.72. The van der Waals surface area contributed by atoms with Crippen LogP contribution in [0.1, 0.15) is 19.8 Å². The van der Waals surface area contributed by atoms with Crippen LogP contribution in [-0.4, -0.2) is 56.0 Å². The lowest BCUT2D eigenvalue weighted by Crippen LogP contribution is -2.51. The van der Waals surface area contributed by atoms with E-state index < -0.39 is 5.79 Å². The van der Waals surface area contributed by atoms with Crippen LogP contribution in [0.3, 0.4) is 0 Å². The fourth-order valence-corrected chi connectivity index (χ4v) is 2.39. The van der Waals surface area contributed by atoms with Crippen molar-refractivity contribution in [3.63, 3.8) is 0 Å². The molecule has 2 fully saturated rings. The van der Waals surface area contributed by atoms with Crippen molar-refractivity contribution in [1.29, 1.82) is 0 Å². The van der Waals surface area contributed by atoms with Gasteiger partial charge in [0.15, 0.2) is 5.79 Å². The van der Waals surface area contributed by atoms with Crippen LogP contribution in [0.4, 0.5) is 0 Å². The fraction of sp³-hybridized carbons (Fsp3) is 0.909. The molecule has 0 saturated carbocycles. The van der Waals surface area contributed by atoms with Gasteiger partial charge in [-0.25, -0.2) is 0 Å². The number of likely N-dealkylation sites (tertiary alicyclic amines) is 1. The SMILES string of the molecule is CCNC(=O)CN1CCCC2(C1)OCCO2. The van der Waals surface area contributed by atoms with Crippen LogP contribution in [-0.2, 0) is 14.3 Å². The minimum Gasteiger partial charge on any atom is -0.355 e. The number of hydrogen-bond donors (Lipinski definition) is 1. The quantitative estimate of drug-likeness (QED) is 0.736. The molecule has 92 valence electrons. The predicted octanol–water partition coefficient (Wildman–Crippen LogP) is -0.0386. The summed E-state index contributed by atoms with van der Waals surface area (Å²) in [5, 5.41) is 2.81. The van der Waals surface area contributed by atoms with Crippen molar-refractivity contribution in [3.05, 3.63) is 0 Å². The van der Waals surface area contributed by atoms with E-state index >= 15 is 0 Å². The molecule has 0 atom stereocenters. The Morgan fingerprint density at radius 2 is 2.19 bits per heavy atom. The monoisotopic (exact) mass is 228 g/mol. The van der Waals surface area contributed by atoms with Gasteiger partial charge < -0.3 is 14.8 Å². The first-order chi connectivity index (χ1) is 7.74. The molecular weight excluding hydrogens is 208 g/mol. The smallest absolute Gasteiger partial charge is 0.234 e. The van der Waals surface area contributed by atoms with Gasteiger partial charge in [-0.1, -0.05) is 0 Å². The predicted molar refractivity (Wildman–Crippen MR) is 59.0 cm³/mol. The molecule has 1 amide bonds. The number of nitrogens with zero attached hydrogens (tertiary/aromatic N) is 1. The van der Waals surface area contributed by atoms with Crippen LogP contribution < -0.4 is 5.32 Å². The summed E-state index contributed by atoms with van der Waals surface area (Å²) in [5.74, 6) is -0.345. The average Bonchev–Trinajstić information content (AvgIpc) is 2.66. The molecule has 0 aromatic heterocycles. The molecule has 2 rings (SSSR count). The standard InChI is InChI=1S/C11H20N2O3/c1-2-12-10(14)8-13-5-3-4-11(9-13)15-6-7-16-11/h2-9H2,1H3,(H,12,14). The van der Waals surface area contributed by atoms with Crippen LogP contribution >= 0.6 is 0 Å². The molecule has 5 nitrogen and oxygen atoms in total. The van der Waals surface area contributed by atoms with Gasteiger partial charge in [0.25, 0.3) is 0 Å². The van der Waals surface area contributed by atoms with Gasteiger partial charge in [-0.15, -0.1) is 0 Å². The van der Waals surface area contributed by atoms with Crippen molar-refractivity contribution in [1.82, 2.24) is 10.2 Å². The van der Waals surface area contributed by atoms with Gasteiger partial charge in [-0.2, -0.15) is 0 Å². The van der Waals surface area contributed by atoms with Crippen molar-refractivity contribution < 1.29 is 14.3 Å². The Hall–Kier alpha value is -0.650. The van der Waals surface area contributed by atoms with E-state index in [1.165, 1.54) is 0 Å². The number of hydrogen-bond acceptors (Lipinski definition) is 4. The average molecular weight is 228 g/mol.